The van der Waals surface area contributed by atoms with Crippen molar-refractivity contribution in [2.75, 3.05) is 11.1 Å². The van der Waals surface area contributed by atoms with E-state index in [1.807, 2.05) is 0 Å². The summed E-state index contributed by atoms with van der Waals surface area (Å²) in [5.74, 6) is -0.732. The van der Waals surface area contributed by atoms with Crippen LogP contribution in [0.3, 0.4) is 0 Å². The quantitative estimate of drug-likeness (QED) is 0.547. The molecule has 1 rings (SSSR count). The van der Waals surface area contributed by atoms with Gasteiger partial charge >= 0.3 is 5.69 Å². The maximum absolute atomic E-state index is 11.7. The van der Waals surface area contributed by atoms with Gasteiger partial charge in [0.15, 0.2) is 0 Å². The van der Waals surface area contributed by atoms with Crippen LogP contribution in [-0.4, -0.2) is 21.5 Å². The van der Waals surface area contributed by atoms with E-state index < -0.39 is 23.2 Å². The van der Waals surface area contributed by atoms with Gasteiger partial charge in [-0.15, -0.1) is 0 Å². The van der Waals surface area contributed by atoms with E-state index in [1.54, 1.807) is 20.8 Å². The molecule has 0 saturated carbocycles. The summed E-state index contributed by atoms with van der Waals surface area (Å²) in [4.78, 5) is 36.7. The van der Waals surface area contributed by atoms with Crippen molar-refractivity contribution >= 4 is 17.4 Å². The lowest BCUT2D eigenvalue weighted by molar-refractivity contribution is -0.119. The second kappa shape index (κ2) is 5.59. The zero-order valence-corrected chi connectivity index (χ0v) is 11.2. The van der Waals surface area contributed by atoms with Crippen LogP contribution in [0, 0.1) is 5.92 Å². The van der Waals surface area contributed by atoms with E-state index in [9.17, 15) is 14.4 Å². The van der Waals surface area contributed by atoms with Gasteiger partial charge < -0.3 is 16.8 Å². The third kappa shape index (κ3) is 2.95. The number of aromatic amines is 1. The van der Waals surface area contributed by atoms with Crippen molar-refractivity contribution in [1.82, 2.24) is 9.55 Å². The highest BCUT2D eigenvalue weighted by atomic mass is 16.2. The van der Waals surface area contributed by atoms with Crippen molar-refractivity contribution in [2.45, 2.75) is 33.4 Å². The Kier molecular flexibility index (Phi) is 4.36. The molecule has 0 spiro atoms. The number of carbonyl (C=O) groups excluding carboxylic acids is 1. The molecule has 6 N–H and O–H groups in total. The Hall–Kier alpha value is -2.25. The lowest BCUT2D eigenvalue weighted by atomic mass is 10.0. The molecule has 1 heterocycles. The maximum Gasteiger partial charge on any atom is 0.330 e. The Labute approximate surface area is 109 Å². The van der Waals surface area contributed by atoms with Gasteiger partial charge in [-0.25, -0.2) is 4.79 Å². The van der Waals surface area contributed by atoms with Gasteiger partial charge in [0.05, 0.1) is 0 Å². The first-order chi connectivity index (χ1) is 8.79. The van der Waals surface area contributed by atoms with Gasteiger partial charge in [-0.1, -0.05) is 13.8 Å². The minimum Gasteiger partial charge on any atom is -0.383 e. The molecule has 1 unspecified atom stereocenters. The van der Waals surface area contributed by atoms with Crippen LogP contribution >= 0.6 is 0 Å². The fraction of sp³-hybridized carbons (Fsp3) is 0.545. The number of anilines is 2. The molecule has 0 aliphatic carbocycles. The van der Waals surface area contributed by atoms with Crippen molar-refractivity contribution in [3.05, 3.63) is 20.8 Å². The largest absolute Gasteiger partial charge is 0.383 e. The highest BCUT2D eigenvalue weighted by Gasteiger charge is 2.22. The number of hydrogen-bond donors (Lipinski definition) is 4. The van der Waals surface area contributed by atoms with E-state index >= 15 is 0 Å². The first-order valence-corrected chi connectivity index (χ1v) is 5.98. The van der Waals surface area contributed by atoms with E-state index in [4.69, 9.17) is 11.5 Å². The maximum atomic E-state index is 11.7. The van der Waals surface area contributed by atoms with E-state index in [2.05, 4.69) is 10.3 Å². The van der Waals surface area contributed by atoms with Crippen LogP contribution in [-0.2, 0) is 11.3 Å². The van der Waals surface area contributed by atoms with Gasteiger partial charge in [0, 0.05) is 6.54 Å². The fourth-order valence-corrected chi connectivity index (χ4v) is 1.76. The van der Waals surface area contributed by atoms with E-state index in [0.29, 0.717) is 6.54 Å². The normalized spacial score (nSPS) is 12.4. The SMILES string of the molecule is CCn1c(N)c(NC(C(N)=O)C(C)C)c(=O)[nH]c1=O. The minimum absolute atomic E-state index is 0.0110. The Morgan fingerprint density at radius 3 is 2.42 bits per heavy atom. The topological polar surface area (TPSA) is 136 Å². The van der Waals surface area contributed by atoms with Crippen LogP contribution in [0.25, 0.3) is 0 Å². The highest BCUT2D eigenvalue weighted by molar-refractivity contribution is 5.84. The molecule has 8 nitrogen and oxygen atoms in total. The van der Waals surface area contributed by atoms with Gasteiger partial charge in [0.25, 0.3) is 5.56 Å². The molecule has 1 amide bonds. The number of hydrogen-bond acceptors (Lipinski definition) is 5. The summed E-state index contributed by atoms with van der Waals surface area (Å²) in [6.45, 7) is 5.58. The van der Waals surface area contributed by atoms with Crippen LogP contribution < -0.4 is 28.0 Å². The van der Waals surface area contributed by atoms with Crippen LogP contribution in [0.4, 0.5) is 11.5 Å². The van der Waals surface area contributed by atoms with Gasteiger partial charge in [0.2, 0.25) is 5.91 Å². The monoisotopic (exact) mass is 269 g/mol. The molecule has 0 saturated heterocycles. The molecule has 1 aromatic rings. The van der Waals surface area contributed by atoms with Crippen molar-refractivity contribution in [3.63, 3.8) is 0 Å². The first kappa shape index (κ1) is 14.8. The Morgan fingerprint density at radius 2 is 2.00 bits per heavy atom. The lowest BCUT2D eigenvalue weighted by Gasteiger charge is -2.21. The van der Waals surface area contributed by atoms with Gasteiger partial charge in [-0.3, -0.25) is 19.1 Å². The number of aromatic nitrogens is 2. The third-order valence-electron chi connectivity index (χ3n) is 2.83. The molecule has 1 aromatic heterocycles. The van der Waals surface area contributed by atoms with Crippen LogP contribution in [0.2, 0.25) is 0 Å². The zero-order chi connectivity index (χ0) is 14.7. The molecule has 0 aliphatic heterocycles. The number of primary amides is 1. The molecule has 106 valence electrons. The molecule has 0 bridgehead atoms. The number of carbonyl (C=O) groups is 1. The summed E-state index contributed by atoms with van der Waals surface area (Å²) in [7, 11) is 0. The Morgan fingerprint density at radius 1 is 1.42 bits per heavy atom. The summed E-state index contributed by atoms with van der Waals surface area (Å²) < 4.78 is 1.20. The zero-order valence-electron chi connectivity index (χ0n) is 11.2. The van der Waals surface area contributed by atoms with Crippen molar-refractivity contribution in [1.29, 1.82) is 0 Å². The second-order valence-corrected chi connectivity index (χ2v) is 4.53. The number of nitrogens with zero attached hydrogens (tertiary/aromatic N) is 1. The van der Waals surface area contributed by atoms with Crippen molar-refractivity contribution < 1.29 is 4.79 Å². The summed E-state index contributed by atoms with van der Waals surface area (Å²) in [6, 6.07) is -0.744. The van der Waals surface area contributed by atoms with Crippen molar-refractivity contribution in [3.8, 4) is 0 Å². The summed E-state index contributed by atoms with van der Waals surface area (Å²) in [5.41, 5.74) is 9.77. The molecule has 0 fully saturated rings. The van der Waals surface area contributed by atoms with Crippen LogP contribution in [0.15, 0.2) is 9.59 Å². The van der Waals surface area contributed by atoms with Crippen molar-refractivity contribution in [2.24, 2.45) is 11.7 Å². The highest BCUT2D eigenvalue weighted by Crippen LogP contribution is 2.14. The fourth-order valence-electron chi connectivity index (χ4n) is 1.76. The number of nitrogens with one attached hydrogen (secondary N) is 2. The number of nitrogen functional groups attached to an aromatic ring is 1. The smallest absolute Gasteiger partial charge is 0.330 e. The molecular weight excluding hydrogens is 250 g/mol. The average Bonchev–Trinajstić information content (AvgIpc) is 2.27. The van der Waals surface area contributed by atoms with Gasteiger partial charge in [-0.05, 0) is 12.8 Å². The second-order valence-electron chi connectivity index (χ2n) is 4.53. The standard InChI is InChI=1S/C11H19N5O3/c1-4-16-8(12)7(10(18)15-11(16)19)14-6(5(2)3)9(13)17/h5-6,14H,4,12H2,1-3H3,(H2,13,17)(H,15,18,19). The van der Waals surface area contributed by atoms with E-state index in [-0.39, 0.29) is 17.4 Å². The number of H-pyrrole nitrogens is 1. The summed E-state index contributed by atoms with van der Waals surface area (Å²) in [6.07, 6.45) is 0. The van der Waals surface area contributed by atoms with E-state index in [0.717, 1.165) is 0 Å². The van der Waals surface area contributed by atoms with Crippen LogP contribution in [0.5, 0.6) is 0 Å². The average molecular weight is 269 g/mol. The Balaban J connectivity index is 3.32. The van der Waals surface area contributed by atoms with Gasteiger partial charge in [-0.2, -0.15) is 0 Å². The molecule has 0 aromatic carbocycles. The number of amides is 1. The van der Waals surface area contributed by atoms with Crippen LogP contribution in [0.1, 0.15) is 20.8 Å². The van der Waals surface area contributed by atoms with Gasteiger partial charge in [0.1, 0.15) is 17.5 Å². The molecule has 0 radical (unpaired) electrons. The molecule has 19 heavy (non-hydrogen) atoms. The Bertz CT molecular complexity index is 587. The molecular formula is C11H19N5O3. The molecule has 1 atom stereocenters. The first-order valence-electron chi connectivity index (χ1n) is 5.98. The number of nitrogens with two attached hydrogens (primary N) is 2. The summed E-state index contributed by atoms with van der Waals surface area (Å²) in [5, 5.41) is 2.71. The van der Waals surface area contributed by atoms with E-state index in [1.165, 1.54) is 4.57 Å². The molecule has 8 heteroatoms. The predicted molar refractivity (Wildman–Crippen MR) is 72.9 cm³/mol. The molecule has 0 aliphatic rings. The minimum atomic E-state index is -0.744. The third-order valence-corrected chi connectivity index (χ3v) is 2.83. The number of rotatable bonds is 5. The predicted octanol–water partition coefficient (Wildman–Crippen LogP) is -0.939. The lowest BCUT2D eigenvalue weighted by Crippen LogP contribution is -2.43. The summed E-state index contributed by atoms with van der Waals surface area (Å²) >= 11 is 0.